The predicted molar refractivity (Wildman–Crippen MR) is 124 cm³/mol. The van der Waals surface area contributed by atoms with E-state index in [-0.39, 0.29) is 0 Å². The van der Waals surface area contributed by atoms with Crippen molar-refractivity contribution in [2.45, 2.75) is 20.8 Å². The standard InChI is InChI=1S/C20H21N.C7H8/c1-5-8-18(6-2)21(19-13-11-16(3)12-14-19)20-10-7-9-17(4)15-20;1-7-5-3-2-4-6-7/h5-15H,1-2H2,3-4H3;2-6H,1H3/b18-8+;. The van der Waals surface area contributed by atoms with Gasteiger partial charge in [0.2, 0.25) is 0 Å². The first-order valence-corrected chi connectivity index (χ1v) is 9.45. The molecule has 0 saturated heterocycles. The molecule has 0 aromatic heterocycles. The van der Waals surface area contributed by atoms with Crippen molar-refractivity contribution in [3.63, 3.8) is 0 Å². The number of rotatable bonds is 5. The highest BCUT2D eigenvalue weighted by molar-refractivity contribution is 5.70. The molecule has 1 nitrogen and oxygen atoms in total. The highest BCUT2D eigenvalue weighted by Gasteiger charge is 2.12. The second-order valence-electron chi connectivity index (χ2n) is 6.70. The molecule has 142 valence electrons. The highest BCUT2D eigenvalue weighted by Crippen LogP contribution is 2.31. The summed E-state index contributed by atoms with van der Waals surface area (Å²) in [6, 6.07) is 27.2. The third-order valence-corrected chi connectivity index (χ3v) is 4.25. The van der Waals surface area contributed by atoms with Crippen LogP contribution in [0, 0.1) is 20.8 Å². The number of allylic oxidation sites excluding steroid dienone is 3. The second kappa shape index (κ2) is 10.7. The lowest BCUT2D eigenvalue weighted by molar-refractivity contribution is 1.20. The lowest BCUT2D eigenvalue weighted by Gasteiger charge is -2.26. The smallest absolute Gasteiger partial charge is 0.0464 e. The molecule has 0 atom stereocenters. The van der Waals surface area contributed by atoms with Gasteiger partial charge in [-0.3, -0.25) is 0 Å². The van der Waals surface area contributed by atoms with Gasteiger partial charge in [0.15, 0.2) is 0 Å². The number of aryl methyl sites for hydroxylation is 3. The van der Waals surface area contributed by atoms with Crippen LogP contribution in [-0.4, -0.2) is 0 Å². The van der Waals surface area contributed by atoms with Crippen LogP contribution in [0.1, 0.15) is 16.7 Å². The van der Waals surface area contributed by atoms with Gasteiger partial charge in [-0.05, 0) is 62.8 Å². The van der Waals surface area contributed by atoms with Crippen LogP contribution >= 0.6 is 0 Å². The van der Waals surface area contributed by atoms with Gasteiger partial charge in [-0.15, -0.1) is 0 Å². The number of anilines is 2. The number of benzene rings is 3. The molecule has 0 fully saturated rings. The minimum atomic E-state index is 0.999. The van der Waals surface area contributed by atoms with Crippen LogP contribution in [-0.2, 0) is 0 Å². The summed E-state index contributed by atoms with van der Waals surface area (Å²) < 4.78 is 0. The van der Waals surface area contributed by atoms with Gasteiger partial charge >= 0.3 is 0 Å². The summed E-state index contributed by atoms with van der Waals surface area (Å²) in [4.78, 5) is 2.18. The molecular formula is C27H29N. The highest BCUT2D eigenvalue weighted by atomic mass is 15.1. The first kappa shape index (κ1) is 21.0. The lowest BCUT2D eigenvalue weighted by atomic mass is 10.1. The summed E-state index contributed by atoms with van der Waals surface area (Å²) in [6.45, 7) is 14.0. The van der Waals surface area contributed by atoms with Crippen LogP contribution in [0.2, 0.25) is 0 Å². The molecule has 0 spiro atoms. The summed E-state index contributed by atoms with van der Waals surface area (Å²) in [7, 11) is 0. The zero-order valence-electron chi connectivity index (χ0n) is 17.1. The monoisotopic (exact) mass is 367 g/mol. The summed E-state index contributed by atoms with van der Waals surface area (Å²) >= 11 is 0. The molecule has 1 heteroatoms. The van der Waals surface area contributed by atoms with Gasteiger partial charge in [-0.2, -0.15) is 0 Å². The summed E-state index contributed by atoms with van der Waals surface area (Å²) in [5, 5.41) is 0. The molecule has 0 aliphatic carbocycles. The molecule has 3 aromatic rings. The zero-order valence-corrected chi connectivity index (χ0v) is 17.1. The SMILES string of the molecule is C=C/C=C(\C=C)N(c1ccc(C)cc1)c1cccc(C)c1.Cc1ccccc1. The Hall–Kier alpha value is -3.32. The van der Waals surface area contributed by atoms with E-state index >= 15 is 0 Å². The van der Waals surface area contributed by atoms with Crippen molar-refractivity contribution in [3.8, 4) is 0 Å². The molecule has 0 unspecified atom stereocenters. The van der Waals surface area contributed by atoms with Gasteiger partial charge in [-0.1, -0.05) is 85.0 Å². The van der Waals surface area contributed by atoms with Gasteiger partial charge in [0, 0.05) is 17.1 Å². The first-order valence-electron chi connectivity index (χ1n) is 9.45. The van der Waals surface area contributed by atoms with Crippen molar-refractivity contribution in [3.05, 3.63) is 133 Å². The molecule has 0 heterocycles. The van der Waals surface area contributed by atoms with Crippen LogP contribution in [0.25, 0.3) is 0 Å². The second-order valence-corrected chi connectivity index (χ2v) is 6.70. The number of nitrogens with zero attached hydrogens (tertiary/aromatic N) is 1. The summed E-state index contributed by atoms with van der Waals surface area (Å²) in [6.07, 6.45) is 5.60. The molecule has 28 heavy (non-hydrogen) atoms. The molecule has 0 N–H and O–H groups in total. The van der Waals surface area contributed by atoms with E-state index in [4.69, 9.17) is 0 Å². The summed E-state index contributed by atoms with van der Waals surface area (Å²) in [5.74, 6) is 0. The fraction of sp³-hybridized carbons (Fsp3) is 0.111. The third-order valence-electron chi connectivity index (χ3n) is 4.25. The average Bonchev–Trinajstić information content (AvgIpc) is 2.70. The van der Waals surface area contributed by atoms with Crippen LogP contribution in [0.5, 0.6) is 0 Å². The lowest BCUT2D eigenvalue weighted by Crippen LogP contribution is -2.15. The largest absolute Gasteiger partial charge is 0.311 e. The normalized spacial score (nSPS) is 10.5. The van der Waals surface area contributed by atoms with E-state index in [1.54, 1.807) is 6.08 Å². The number of hydrogen-bond acceptors (Lipinski definition) is 1. The van der Waals surface area contributed by atoms with Crippen molar-refractivity contribution in [1.82, 2.24) is 0 Å². The third kappa shape index (κ3) is 6.14. The van der Waals surface area contributed by atoms with Gasteiger partial charge in [0.1, 0.15) is 0 Å². The Balaban J connectivity index is 0.000000336. The first-order chi connectivity index (χ1) is 13.5. The molecule has 3 rings (SSSR count). The molecule has 3 aromatic carbocycles. The maximum Gasteiger partial charge on any atom is 0.0464 e. The topological polar surface area (TPSA) is 3.24 Å². The zero-order chi connectivity index (χ0) is 20.4. The average molecular weight is 368 g/mol. The van der Waals surface area contributed by atoms with Crippen molar-refractivity contribution in [1.29, 1.82) is 0 Å². The van der Waals surface area contributed by atoms with E-state index in [1.807, 2.05) is 30.4 Å². The van der Waals surface area contributed by atoms with E-state index in [9.17, 15) is 0 Å². The Morgan fingerprint density at radius 3 is 1.79 bits per heavy atom. The van der Waals surface area contributed by atoms with E-state index in [2.05, 4.69) is 99.5 Å². The predicted octanol–water partition coefficient (Wildman–Crippen LogP) is 7.69. The molecule has 0 aliphatic rings. The maximum absolute atomic E-state index is 3.93. The van der Waals surface area contributed by atoms with Gasteiger partial charge in [0.05, 0.1) is 0 Å². The molecule has 0 saturated carbocycles. The number of hydrogen-bond donors (Lipinski definition) is 0. The minimum Gasteiger partial charge on any atom is -0.311 e. The molecule has 0 radical (unpaired) electrons. The van der Waals surface area contributed by atoms with E-state index in [0.29, 0.717) is 0 Å². The quantitative estimate of drug-likeness (QED) is 0.418. The van der Waals surface area contributed by atoms with Gasteiger partial charge < -0.3 is 4.90 Å². The fourth-order valence-corrected chi connectivity index (χ4v) is 2.80. The Morgan fingerprint density at radius 2 is 1.29 bits per heavy atom. The van der Waals surface area contributed by atoms with Crippen molar-refractivity contribution in [2.24, 2.45) is 0 Å². The van der Waals surface area contributed by atoms with Gasteiger partial charge in [0.25, 0.3) is 0 Å². The van der Waals surface area contributed by atoms with Gasteiger partial charge in [-0.25, -0.2) is 0 Å². The molecule has 0 bridgehead atoms. The Bertz CT molecular complexity index is 918. The van der Waals surface area contributed by atoms with Crippen LogP contribution in [0.4, 0.5) is 11.4 Å². The Labute approximate surface area is 170 Å². The molecule has 0 aliphatic heterocycles. The summed E-state index contributed by atoms with van der Waals surface area (Å²) in [5.41, 5.74) is 7.02. The molecular weight excluding hydrogens is 338 g/mol. The molecule has 0 amide bonds. The van der Waals surface area contributed by atoms with Crippen LogP contribution in [0.15, 0.2) is 116 Å². The van der Waals surface area contributed by atoms with E-state index < -0.39 is 0 Å². The van der Waals surface area contributed by atoms with E-state index in [1.165, 1.54) is 16.7 Å². The minimum absolute atomic E-state index is 0.999. The van der Waals surface area contributed by atoms with Crippen LogP contribution < -0.4 is 4.90 Å². The maximum atomic E-state index is 3.93. The van der Waals surface area contributed by atoms with Crippen molar-refractivity contribution >= 4 is 11.4 Å². The van der Waals surface area contributed by atoms with Crippen molar-refractivity contribution < 1.29 is 0 Å². The fourth-order valence-electron chi connectivity index (χ4n) is 2.80. The Kier molecular flexibility index (Phi) is 8.05. The van der Waals surface area contributed by atoms with E-state index in [0.717, 1.165) is 17.1 Å². The Morgan fingerprint density at radius 1 is 0.679 bits per heavy atom. The van der Waals surface area contributed by atoms with Crippen LogP contribution in [0.3, 0.4) is 0 Å². The van der Waals surface area contributed by atoms with Crippen molar-refractivity contribution in [2.75, 3.05) is 4.90 Å².